The normalized spacial score (nSPS) is 21.3. The molecule has 4 aliphatic heterocycles. The van der Waals surface area contributed by atoms with E-state index < -0.39 is 0 Å². The van der Waals surface area contributed by atoms with Gasteiger partial charge in [-0.1, -0.05) is 82.1 Å². The molecule has 4 saturated heterocycles. The van der Waals surface area contributed by atoms with Crippen LogP contribution in [0.3, 0.4) is 0 Å². The first-order valence-electron chi connectivity index (χ1n) is 17.5. The SMILES string of the molecule is C.CC(C)CN1CCCC1.CC(C)CN1CCCCC1.CC(C)CN1CCCCC1.CC(C)CN1CCCCC1. The summed E-state index contributed by atoms with van der Waals surface area (Å²) in [5, 5.41) is 0. The van der Waals surface area contributed by atoms with Crippen LogP contribution in [0.15, 0.2) is 0 Å². The van der Waals surface area contributed by atoms with Crippen LogP contribution in [0.5, 0.6) is 0 Å². The lowest BCUT2D eigenvalue weighted by Gasteiger charge is -2.27. The molecular formula is C36H78N4. The quantitative estimate of drug-likeness (QED) is 0.291. The number of hydrogen-bond acceptors (Lipinski definition) is 4. The zero-order chi connectivity index (χ0) is 28.9. The van der Waals surface area contributed by atoms with Crippen molar-refractivity contribution in [2.45, 2.75) is 133 Å². The van der Waals surface area contributed by atoms with Crippen LogP contribution >= 0.6 is 0 Å². The van der Waals surface area contributed by atoms with Gasteiger partial charge in [-0.15, -0.1) is 0 Å². The van der Waals surface area contributed by atoms with Gasteiger partial charge < -0.3 is 19.6 Å². The lowest BCUT2D eigenvalue weighted by molar-refractivity contribution is 0.206. The Hall–Kier alpha value is -0.160. The average Bonchev–Trinajstić information content (AvgIpc) is 3.38. The zero-order valence-corrected chi connectivity index (χ0v) is 28.4. The van der Waals surface area contributed by atoms with Crippen LogP contribution in [0.1, 0.15) is 133 Å². The first kappa shape index (κ1) is 39.8. The minimum atomic E-state index is 0. The van der Waals surface area contributed by atoms with Crippen LogP contribution in [0.25, 0.3) is 0 Å². The first-order valence-corrected chi connectivity index (χ1v) is 17.5. The third-order valence-electron chi connectivity index (χ3n) is 8.04. The van der Waals surface area contributed by atoms with Crippen LogP contribution in [-0.2, 0) is 0 Å². The summed E-state index contributed by atoms with van der Waals surface area (Å²) in [4.78, 5) is 10.3. The maximum Gasteiger partial charge on any atom is 0.000438 e. The van der Waals surface area contributed by atoms with Crippen LogP contribution in [0.4, 0.5) is 0 Å². The molecule has 242 valence electrons. The van der Waals surface area contributed by atoms with Crippen molar-refractivity contribution in [1.82, 2.24) is 19.6 Å². The number of hydrogen-bond donors (Lipinski definition) is 0. The summed E-state index contributed by atoms with van der Waals surface area (Å²) in [5.41, 5.74) is 0. The summed E-state index contributed by atoms with van der Waals surface area (Å²) >= 11 is 0. The molecule has 0 spiro atoms. The molecular weight excluding hydrogens is 488 g/mol. The molecule has 0 aromatic heterocycles. The van der Waals surface area contributed by atoms with Gasteiger partial charge >= 0.3 is 0 Å². The molecule has 40 heavy (non-hydrogen) atoms. The third kappa shape index (κ3) is 23.4. The molecule has 0 aliphatic carbocycles. The minimum Gasteiger partial charge on any atom is -0.303 e. The molecule has 0 aromatic rings. The summed E-state index contributed by atoms with van der Waals surface area (Å²) in [6.45, 7) is 34.4. The van der Waals surface area contributed by atoms with Gasteiger partial charge in [0, 0.05) is 26.2 Å². The predicted molar refractivity (Wildman–Crippen MR) is 183 cm³/mol. The van der Waals surface area contributed by atoms with Gasteiger partial charge in [0.25, 0.3) is 0 Å². The second-order valence-electron chi connectivity index (χ2n) is 14.7. The lowest BCUT2D eigenvalue weighted by atomic mass is 10.1. The Labute approximate surface area is 255 Å². The number of rotatable bonds is 8. The lowest BCUT2D eigenvalue weighted by Crippen LogP contribution is -2.32. The van der Waals surface area contributed by atoms with Crippen LogP contribution in [0.2, 0.25) is 0 Å². The minimum absolute atomic E-state index is 0. The van der Waals surface area contributed by atoms with Crippen molar-refractivity contribution in [3.63, 3.8) is 0 Å². The fourth-order valence-corrected chi connectivity index (χ4v) is 6.46. The zero-order valence-electron chi connectivity index (χ0n) is 28.4. The van der Waals surface area contributed by atoms with Gasteiger partial charge in [-0.05, 0) is 127 Å². The highest BCUT2D eigenvalue weighted by atomic mass is 15.1. The summed E-state index contributed by atoms with van der Waals surface area (Å²) < 4.78 is 0. The fourth-order valence-electron chi connectivity index (χ4n) is 6.46. The number of nitrogens with zero attached hydrogens (tertiary/aromatic N) is 4. The number of likely N-dealkylation sites (tertiary alicyclic amines) is 4. The van der Waals surface area contributed by atoms with Crippen molar-refractivity contribution >= 4 is 0 Å². The van der Waals surface area contributed by atoms with Gasteiger partial charge in [0.15, 0.2) is 0 Å². The molecule has 0 atom stereocenters. The Balaban J connectivity index is 0.000000503. The maximum atomic E-state index is 2.59. The van der Waals surface area contributed by atoms with Crippen molar-refractivity contribution in [1.29, 1.82) is 0 Å². The molecule has 0 aromatic carbocycles. The van der Waals surface area contributed by atoms with E-state index in [1.165, 1.54) is 149 Å². The second kappa shape index (κ2) is 25.3. The van der Waals surface area contributed by atoms with E-state index in [2.05, 4.69) is 75.0 Å². The third-order valence-corrected chi connectivity index (χ3v) is 8.04. The van der Waals surface area contributed by atoms with Gasteiger partial charge in [-0.2, -0.15) is 0 Å². The second-order valence-corrected chi connectivity index (χ2v) is 14.7. The number of piperidine rings is 3. The van der Waals surface area contributed by atoms with Gasteiger partial charge in [0.05, 0.1) is 0 Å². The Bertz CT molecular complexity index is 452. The highest BCUT2D eigenvalue weighted by Gasteiger charge is 2.13. The van der Waals surface area contributed by atoms with Crippen molar-refractivity contribution in [3.8, 4) is 0 Å². The molecule has 0 unspecified atom stereocenters. The van der Waals surface area contributed by atoms with Crippen molar-refractivity contribution < 1.29 is 0 Å². The molecule has 0 radical (unpaired) electrons. The highest BCUT2D eigenvalue weighted by Crippen LogP contribution is 2.12. The smallest absolute Gasteiger partial charge is 0.000438 e. The van der Waals surface area contributed by atoms with E-state index in [-0.39, 0.29) is 7.43 Å². The molecule has 0 amide bonds. The largest absolute Gasteiger partial charge is 0.303 e. The summed E-state index contributed by atoms with van der Waals surface area (Å²) in [6, 6.07) is 0. The van der Waals surface area contributed by atoms with E-state index in [4.69, 9.17) is 0 Å². The topological polar surface area (TPSA) is 13.0 Å². The van der Waals surface area contributed by atoms with Crippen molar-refractivity contribution in [2.75, 3.05) is 78.5 Å². The summed E-state index contributed by atoms with van der Waals surface area (Å²) in [5.74, 6) is 3.39. The van der Waals surface area contributed by atoms with Crippen molar-refractivity contribution in [3.05, 3.63) is 0 Å². The van der Waals surface area contributed by atoms with Gasteiger partial charge in [-0.3, -0.25) is 0 Å². The fraction of sp³-hybridized carbons (Fsp3) is 1.00. The molecule has 0 bridgehead atoms. The summed E-state index contributed by atoms with van der Waals surface area (Å²) in [7, 11) is 0. The molecule has 4 heteroatoms. The highest BCUT2D eigenvalue weighted by molar-refractivity contribution is 4.68. The van der Waals surface area contributed by atoms with Crippen LogP contribution in [0, 0.1) is 23.7 Å². The van der Waals surface area contributed by atoms with E-state index in [0.717, 1.165) is 23.7 Å². The predicted octanol–water partition coefficient (Wildman–Crippen LogP) is 8.76. The van der Waals surface area contributed by atoms with E-state index in [1.807, 2.05) is 0 Å². The standard InChI is InChI=1S/3C9H19N.C8H17N.CH4/c3*1-9(2)8-10-6-4-3-5-7-10;1-8(2)7-9-5-3-4-6-9;/h3*9H,3-8H2,1-2H3;8H,3-7H2,1-2H3;1H4. The van der Waals surface area contributed by atoms with Crippen LogP contribution in [-0.4, -0.2) is 98.1 Å². The monoisotopic (exact) mass is 567 g/mol. The van der Waals surface area contributed by atoms with E-state index >= 15 is 0 Å². The van der Waals surface area contributed by atoms with E-state index in [9.17, 15) is 0 Å². The Kier molecular flexibility index (Phi) is 25.2. The average molecular weight is 567 g/mol. The van der Waals surface area contributed by atoms with E-state index in [0.29, 0.717) is 0 Å². The molecule has 4 nitrogen and oxygen atoms in total. The van der Waals surface area contributed by atoms with Gasteiger partial charge in [-0.25, -0.2) is 0 Å². The molecule has 4 aliphatic rings. The van der Waals surface area contributed by atoms with Gasteiger partial charge in [0.1, 0.15) is 0 Å². The Morgan fingerprint density at radius 3 is 0.600 bits per heavy atom. The van der Waals surface area contributed by atoms with E-state index in [1.54, 1.807) is 0 Å². The molecule has 0 saturated carbocycles. The Morgan fingerprint density at radius 1 is 0.300 bits per heavy atom. The maximum absolute atomic E-state index is 2.59. The molecule has 0 N–H and O–H groups in total. The molecule has 4 rings (SSSR count). The Morgan fingerprint density at radius 2 is 0.450 bits per heavy atom. The first-order chi connectivity index (χ1) is 18.7. The van der Waals surface area contributed by atoms with Crippen molar-refractivity contribution in [2.24, 2.45) is 23.7 Å². The summed E-state index contributed by atoms with van der Waals surface area (Å²) in [6.07, 6.45) is 15.7. The van der Waals surface area contributed by atoms with Gasteiger partial charge in [0.2, 0.25) is 0 Å². The molecule has 4 fully saturated rings. The van der Waals surface area contributed by atoms with Crippen LogP contribution < -0.4 is 0 Å². The molecule has 4 heterocycles.